The summed E-state index contributed by atoms with van der Waals surface area (Å²) in [6.45, 7) is 0.340. The SMILES string of the molecule is O=C(Cc1csc(NC(=O)Cc2cccs2)n1)NCc1cn2cc(Br)ccc2n1. The highest BCUT2D eigenvalue weighted by Crippen LogP contribution is 2.17. The average molecular weight is 490 g/mol. The zero-order chi connectivity index (χ0) is 20.2. The van der Waals surface area contributed by atoms with Crippen LogP contribution in [-0.4, -0.2) is 26.2 Å². The number of hydrogen-bond acceptors (Lipinski definition) is 6. The topological polar surface area (TPSA) is 88.4 Å². The molecule has 0 fully saturated rings. The molecule has 4 aromatic rings. The molecule has 4 heterocycles. The summed E-state index contributed by atoms with van der Waals surface area (Å²) in [7, 11) is 0. The molecule has 10 heteroatoms. The number of thiazole rings is 1. The van der Waals surface area contributed by atoms with Gasteiger partial charge in [0.2, 0.25) is 11.8 Å². The molecule has 0 aromatic carbocycles. The van der Waals surface area contributed by atoms with E-state index in [0.29, 0.717) is 23.8 Å². The van der Waals surface area contributed by atoms with Crippen LogP contribution in [0.1, 0.15) is 16.3 Å². The number of halogens is 1. The number of carbonyl (C=O) groups excluding carboxylic acids is 2. The normalized spacial score (nSPS) is 10.9. The molecule has 0 saturated carbocycles. The van der Waals surface area contributed by atoms with Gasteiger partial charge in [-0.2, -0.15) is 0 Å². The van der Waals surface area contributed by atoms with Gasteiger partial charge in [0.05, 0.1) is 30.8 Å². The first-order chi connectivity index (χ1) is 14.0. The molecular weight excluding hydrogens is 474 g/mol. The van der Waals surface area contributed by atoms with Crippen LogP contribution in [0.2, 0.25) is 0 Å². The molecule has 0 unspecified atom stereocenters. The molecule has 0 bridgehead atoms. The van der Waals surface area contributed by atoms with E-state index in [4.69, 9.17) is 0 Å². The lowest BCUT2D eigenvalue weighted by Crippen LogP contribution is -2.24. The second-order valence-electron chi connectivity index (χ2n) is 6.25. The third kappa shape index (κ3) is 5.28. The van der Waals surface area contributed by atoms with Gasteiger partial charge in [0.1, 0.15) is 5.65 Å². The van der Waals surface area contributed by atoms with Crippen LogP contribution in [0.4, 0.5) is 5.13 Å². The van der Waals surface area contributed by atoms with Gasteiger partial charge in [-0.3, -0.25) is 9.59 Å². The van der Waals surface area contributed by atoms with Crippen molar-refractivity contribution in [2.75, 3.05) is 5.32 Å². The molecule has 29 heavy (non-hydrogen) atoms. The van der Waals surface area contributed by atoms with E-state index in [1.807, 2.05) is 46.4 Å². The lowest BCUT2D eigenvalue weighted by molar-refractivity contribution is -0.120. The Morgan fingerprint density at radius 2 is 1.93 bits per heavy atom. The Labute approximate surface area is 182 Å². The van der Waals surface area contributed by atoms with Crippen molar-refractivity contribution < 1.29 is 9.59 Å². The molecule has 0 aliphatic rings. The fraction of sp³-hybridized carbons (Fsp3) is 0.158. The smallest absolute Gasteiger partial charge is 0.231 e. The van der Waals surface area contributed by atoms with E-state index < -0.39 is 0 Å². The number of hydrogen-bond donors (Lipinski definition) is 2. The zero-order valence-corrected chi connectivity index (χ0v) is 18.3. The number of anilines is 1. The maximum Gasteiger partial charge on any atom is 0.231 e. The zero-order valence-electron chi connectivity index (χ0n) is 15.1. The molecule has 0 saturated heterocycles. The fourth-order valence-corrected chi connectivity index (χ4v) is 4.48. The van der Waals surface area contributed by atoms with Gasteiger partial charge >= 0.3 is 0 Å². The lowest BCUT2D eigenvalue weighted by atomic mass is 10.3. The second-order valence-corrected chi connectivity index (χ2v) is 9.05. The standard InChI is InChI=1S/C19H16BrN5O2S2/c20-12-3-4-16-22-14(10-25(16)9-12)8-21-17(26)6-13-11-29-19(23-13)24-18(27)7-15-2-1-5-28-15/h1-5,9-11H,6-8H2,(H,21,26)(H,23,24,27). The molecular formula is C19H16BrN5O2S2. The number of pyridine rings is 1. The minimum atomic E-state index is -0.148. The first-order valence-corrected chi connectivity index (χ1v) is 11.3. The van der Waals surface area contributed by atoms with E-state index in [2.05, 4.69) is 36.5 Å². The first-order valence-electron chi connectivity index (χ1n) is 8.71. The van der Waals surface area contributed by atoms with Crippen molar-refractivity contribution in [3.63, 3.8) is 0 Å². The molecule has 0 radical (unpaired) electrons. The summed E-state index contributed by atoms with van der Waals surface area (Å²) in [6, 6.07) is 7.66. The second kappa shape index (κ2) is 8.85. The predicted molar refractivity (Wildman–Crippen MR) is 117 cm³/mol. The highest BCUT2D eigenvalue weighted by molar-refractivity contribution is 9.10. The third-order valence-corrected chi connectivity index (χ3v) is 6.14. The van der Waals surface area contributed by atoms with E-state index in [9.17, 15) is 9.59 Å². The minimum absolute atomic E-state index is 0.115. The third-order valence-electron chi connectivity index (χ3n) is 3.99. The molecule has 0 spiro atoms. The summed E-state index contributed by atoms with van der Waals surface area (Å²) >= 11 is 6.27. The number of nitrogens with one attached hydrogen (secondary N) is 2. The van der Waals surface area contributed by atoms with Crippen LogP contribution in [-0.2, 0) is 29.0 Å². The molecule has 2 N–H and O–H groups in total. The van der Waals surface area contributed by atoms with Gasteiger partial charge in [-0.15, -0.1) is 22.7 Å². The first kappa shape index (κ1) is 19.7. The largest absolute Gasteiger partial charge is 0.350 e. The predicted octanol–water partition coefficient (Wildman–Crippen LogP) is 3.65. The van der Waals surface area contributed by atoms with Crippen molar-refractivity contribution in [3.05, 3.63) is 68.2 Å². The Kier molecular flexibility index (Phi) is 6.02. The summed E-state index contributed by atoms with van der Waals surface area (Å²) in [6.07, 6.45) is 4.26. The van der Waals surface area contributed by atoms with E-state index in [1.54, 1.807) is 16.7 Å². The fourth-order valence-electron chi connectivity index (χ4n) is 2.70. The number of carbonyl (C=O) groups is 2. The molecule has 0 aliphatic carbocycles. The molecule has 4 aromatic heterocycles. The summed E-state index contributed by atoms with van der Waals surface area (Å²) in [5.41, 5.74) is 2.22. The monoisotopic (exact) mass is 489 g/mol. The van der Waals surface area contributed by atoms with Gasteiger partial charge in [-0.1, -0.05) is 6.07 Å². The Morgan fingerprint density at radius 1 is 1.03 bits per heavy atom. The van der Waals surface area contributed by atoms with Gasteiger partial charge in [-0.05, 0) is 39.5 Å². The van der Waals surface area contributed by atoms with E-state index in [-0.39, 0.29) is 18.2 Å². The van der Waals surface area contributed by atoms with Crippen LogP contribution >= 0.6 is 38.6 Å². The minimum Gasteiger partial charge on any atom is -0.350 e. The van der Waals surface area contributed by atoms with E-state index >= 15 is 0 Å². The highest BCUT2D eigenvalue weighted by Gasteiger charge is 2.11. The molecule has 2 amide bonds. The summed E-state index contributed by atoms with van der Waals surface area (Å²) in [5, 5.41) is 9.85. The van der Waals surface area contributed by atoms with Gasteiger partial charge in [0.15, 0.2) is 5.13 Å². The molecule has 0 aliphatic heterocycles. The quantitative estimate of drug-likeness (QED) is 0.414. The number of imidazole rings is 1. The van der Waals surface area contributed by atoms with Gasteiger partial charge in [-0.25, -0.2) is 9.97 Å². The van der Waals surface area contributed by atoms with Crippen LogP contribution in [0.25, 0.3) is 5.65 Å². The van der Waals surface area contributed by atoms with Gasteiger partial charge in [0, 0.05) is 27.1 Å². The van der Waals surface area contributed by atoms with Gasteiger partial charge in [0.25, 0.3) is 0 Å². The Balaban J connectivity index is 1.27. The molecule has 7 nitrogen and oxygen atoms in total. The van der Waals surface area contributed by atoms with Crippen molar-refractivity contribution in [2.45, 2.75) is 19.4 Å². The van der Waals surface area contributed by atoms with Crippen molar-refractivity contribution in [1.82, 2.24) is 19.7 Å². The van der Waals surface area contributed by atoms with Crippen LogP contribution in [0.15, 0.2) is 51.9 Å². The number of thiophene rings is 1. The lowest BCUT2D eigenvalue weighted by Gasteiger charge is -2.01. The number of nitrogens with zero attached hydrogens (tertiary/aromatic N) is 3. The number of rotatable bonds is 7. The Morgan fingerprint density at radius 3 is 2.76 bits per heavy atom. The van der Waals surface area contributed by atoms with Crippen molar-refractivity contribution in [3.8, 4) is 0 Å². The van der Waals surface area contributed by atoms with Crippen molar-refractivity contribution in [1.29, 1.82) is 0 Å². The summed E-state index contributed by atoms with van der Waals surface area (Å²) in [5.74, 6) is -0.263. The summed E-state index contributed by atoms with van der Waals surface area (Å²) < 4.78 is 2.86. The maximum absolute atomic E-state index is 12.2. The van der Waals surface area contributed by atoms with Crippen molar-refractivity contribution >= 4 is 61.2 Å². The van der Waals surface area contributed by atoms with Crippen LogP contribution in [0.3, 0.4) is 0 Å². The highest BCUT2D eigenvalue weighted by atomic mass is 79.9. The number of aromatic nitrogens is 3. The Hall–Kier alpha value is -2.56. The van der Waals surface area contributed by atoms with Crippen LogP contribution < -0.4 is 10.6 Å². The average Bonchev–Trinajstić information content (AvgIpc) is 3.41. The van der Waals surface area contributed by atoms with Gasteiger partial charge < -0.3 is 15.0 Å². The molecule has 0 atom stereocenters. The number of fused-ring (bicyclic) bond motifs is 1. The van der Waals surface area contributed by atoms with Crippen LogP contribution in [0.5, 0.6) is 0 Å². The number of amides is 2. The van der Waals surface area contributed by atoms with Crippen molar-refractivity contribution in [2.24, 2.45) is 0 Å². The molecule has 148 valence electrons. The summed E-state index contributed by atoms with van der Waals surface area (Å²) in [4.78, 5) is 34.0. The van der Waals surface area contributed by atoms with Crippen LogP contribution in [0, 0.1) is 0 Å². The Bertz CT molecular complexity index is 1150. The maximum atomic E-state index is 12.2. The van der Waals surface area contributed by atoms with E-state index in [0.717, 1.165) is 20.7 Å². The molecule has 4 rings (SSSR count). The van der Waals surface area contributed by atoms with E-state index in [1.165, 1.54) is 11.3 Å².